The molecule has 0 aliphatic heterocycles. The predicted octanol–water partition coefficient (Wildman–Crippen LogP) is 1.45. The van der Waals surface area contributed by atoms with Gasteiger partial charge in [-0.15, -0.1) is 0 Å². The van der Waals surface area contributed by atoms with Gasteiger partial charge >= 0.3 is 5.69 Å². The maximum Gasteiger partial charge on any atom is 0.328 e. The van der Waals surface area contributed by atoms with Crippen LogP contribution in [0.15, 0.2) is 17.2 Å². The van der Waals surface area contributed by atoms with Crippen LogP contribution in [0.25, 0.3) is 0 Å². The molecule has 0 bridgehead atoms. The molecular formula is C12H23N3O. The van der Waals surface area contributed by atoms with Gasteiger partial charge in [0.05, 0.1) is 0 Å². The Hall–Kier alpha value is -1.03. The molecule has 16 heavy (non-hydrogen) atoms. The summed E-state index contributed by atoms with van der Waals surface area (Å²) < 4.78 is 3.48. The second-order valence-electron chi connectivity index (χ2n) is 4.03. The van der Waals surface area contributed by atoms with Gasteiger partial charge in [-0.1, -0.05) is 13.8 Å². The van der Waals surface area contributed by atoms with Gasteiger partial charge in [-0.2, -0.15) is 0 Å². The quantitative estimate of drug-likeness (QED) is 0.763. The van der Waals surface area contributed by atoms with Gasteiger partial charge in [-0.05, 0) is 19.8 Å². The van der Waals surface area contributed by atoms with Crippen molar-refractivity contribution in [3.05, 3.63) is 22.9 Å². The highest BCUT2D eigenvalue weighted by atomic mass is 16.1. The minimum Gasteiger partial charge on any atom is -0.312 e. The number of aromatic nitrogens is 2. The topological polar surface area (TPSA) is 39.0 Å². The van der Waals surface area contributed by atoms with Crippen molar-refractivity contribution in [3.8, 4) is 0 Å². The summed E-state index contributed by atoms with van der Waals surface area (Å²) >= 11 is 0. The van der Waals surface area contributed by atoms with Crippen LogP contribution in [0.4, 0.5) is 0 Å². The van der Waals surface area contributed by atoms with E-state index in [1.165, 1.54) is 0 Å². The van der Waals surface area contributed by atoms with E-state index >= 15 is 0 Å². The maximum atomic E-state index is 11.7. The first-order valence-corrected chi connectivity index (χ1v) is 6.21. The molecule has 0 saturated heterocycles. The molecule has 92 valence electrons. The molecule has 0 atom stereocenters. The van der Waals surface area contributed by atoms with Gasteiger partial charge in [-0.25, -0.2) is 4.79 Å². The van der Waals surface area contributed by atoms with Gasteiger partial charge in [0.2, 0.25) is 0 Å². The lowest BCUT2D eigenvalue weighted by Gasteiger charge is -2.14. The highest BCUT2D eigenvalue weighted by Crippen LogP contribution is 1.95. The Bertz CT molecular complexity index is 349. The number of aryl methyl sites for hydroxylation is 1. The second-order valence-corrected chi connectivity index (χ2v) is 4.03. The number of nitrogens with zero attached hydrogens (tertiary/aromatic N) is 2. The van der Waals surface area contributed by atoms with E-state index in [1.54, 1.807) is 9.13 Å². The van der Waals surface area contributed by atoms with Crippen LogP contribution in [-0.2, 0) is 13.1 Å². The lowest BCUT2D eigenvalue weighted by Crippen LogP contribution is -2.33. The van der Waals surface area contributed by atoms with Gasteiger partial charge in [-0.3, -0.25) is 9.13 Å². The number of imidazole rings is 1. The first-order chi connectivity index (χ1) is 7.72. The van der Waals surface area contributed by atoms with Crippen LogP contribution >= 0.6 is 0 Å². The minimum absolute atomic E-state index is 0.0915. The summed E-state index contributed by atoms with van der Waals surface area (Å²) in [6, 6.07) is 0.573. The fourth-order valence-corrected chi connectivity index (χ4v) is 1.83. The van der Waals surface area contributed by atoms with E-state index in [2.05, 4.69) is 19.2 Å². The van der Waals surface area contributed by atoms with Crippen LogP contribution < -0.4 is 11.0 Å². The first kappa shape index (κ1) is 13.0. The van der Waals surface area contributed by atoms with E-state index in [-0.39, 0.29) is 5.69 Å². The van der Waals surface area contributed by atoms with Crippen LogP contribution in [0.3, 0.4) is 0 Å². The molecule has 0 saturated carbocycles. The second kappa shape index (κ2) is 6.53. The van der Waals surface area contributed by atoms with Crippen LogP contribution in [0.1, 0.15) is 33.6 Å². The molecular weight excluding hydrogens is 202 g/mol. The molecule has 0 radical (unpaired) electrons. The molecule has 4 heteroatoms. The molecule has 0 amide bonds. The Morgan fingerprint density at radius 3 is 2.31 bits per heavy atom. The molecule has 0 aromatic carbocycles. The van der Waals surface area contributed by atoms with Crippen molar-refractivity contribution >= 4 is 0 Å². The molecule has 1 aromatic heterocycles. The number of nitrogens with one attached hydrogen (secondary N) is 1. The van der Waals surface area contributed by atoms with Crippen LogP contribution in [0, 0.1) is 0 Å². The van der Waals surface area contributed by atoms with Crippen molar-refractivity contribution in [2.24, 2.45) is 0 Å². The third kappa shape index (κ3) is 3.23. The highest BCUT2D eigenvalue weighted by molar-refractivity contribution is 4.81. The van der Waals surface area contributed by atoms with Crippen LogP contribution in [0.5, 0.6) is 0 Å². The summed E-state index contributed by atoms with van der Waals surface area (Å²) in [7, 11) is 0. The summed E-state index contributed by atoms with van der Waals surface area (Å²) in [5.74, 6) is 0. The molecule has 0 aliphatic rings. The average Bonchev–Trinajstić information content (AvgIpc) is 2.66. The first-order valence-electron chi connectivity index (χ1n) is 6.21. The Labute approximate surface area is 97.3 Å². The SMILES string of the molecule is CCC(CC)NCCn1ccn(CC)c1=O. The summed E-state index contributed by atoms with van der Waals surface area (Å²) in [4.78, 5) is 11.7. The van der Waals surface area contributed by atoms with Crippen molar-refractivity contribution in [3.63, 3.8) is 0 Å². The molecule has 1 aromatic rings. The van der Waals surface area contributed by atoms with E-state index in [0.29, 0.717) is 6.04 Å². The summed E-state index contributed by atoms with van der Waals surface area (Å²) in [5.41, 5.74) is 0.0915. The van der Waals surface area contributed by atoms with Crippen molar-refractivity contribution in [1.29, 1.82) is 0 Å². The fourth-order valence-electron chi connectivity index (χ4n) is 1.83. The predicted molar refractivity (Wildman–Crippen MR) is 66.7 cm³/mol. The molecule has 1 rings (SSSR count). The normalized spacial score (nSPS) is 11.2. The lowest BCUT2D eigenvalue weighted by atomic mass is 10.2. The largest absolute Gasteiger partial charge is 0.328 e. The van der Waals surface area contributed by atoms with Crippen molar-refractivity contribution in [2.45, 2.75) is 52.7 Å². The standard InChI is InChI=1S/C12H23N3O/c1-4-11(5-2)13-7-8-15-10-9-14(6-3)12(15)16/h9-11,13H,4-8H2,1-3H3. The van der Waals surface area contributed by atoms with Crippen LogP contribution in [-0.4, -0.2) is 21.7 Å². The fraction of sp³-hybridized carbons (Fsp3) is 0.750. The molecule has 4 nitrogen and oxygen atoms in total. The summed E-state index contributed by atoms with van der Waals surface area (Å²) in [6.07, 6.45) is 5.99. The molecule has 0 unspecified atom stereocenters. The van der Waals surface area contributed by atoms with Gasteiger partial charge in [0.15, 0.2) is 0 Å². The monoisotopic (exact) mass is 225 g/mol. The minimum atomic E-state index is 0.0915. The van der Waals surface area contributed by atoms with Gasteiger partial charge in [0, 0.05) is 38.1 Å². The molecule has 1 N–H and O–H groups in total. The van der Waals surface area contributed by atoms with E-state index < -0.39 is 0 Å². The van der Waals surface area contributed by atoms with Gasteiger partial charge in [0.25, 0.3) is 0 Å². The molecule has 0 fully saturated rings. The zero-order valence-electron chi connectivity index (χ0n) is 10.6. The smallest absolute Gasteiger partial charge is 0.312 e. The maximum absolute atomic E-state index is 11.7. The summed E-state index contributed by atoms with van der Waals surface area (Å²) in [5, 5.41) is 3.45. The lowest BCUT2D eigenvalue weighted by molar-refractivity contribution is 0.461. The number of hydrogen-bond acceptors (Lipinski definition) is 2. The molecule has 1 heterocycles. The number of rotatable bonds is 7. The summed E-state index contributed by atoms with van der Waals surface area (Å²) in [6.45, 7) is 8.70. The Kier molecular flexibility index (Phi) is 5.32. The third-order valence-corrected chi connectivity index (χ3v) is 3.03. The van der Waals surface area contributed by atoms with E-state index in [9.17, 15) is 4.79 Å². The van der Waals surface area contributed by atoms with Gasteiger partial charge in [0.1, 0.15) is 0 Å². The number of hydrogen-bond donors (Lipinski definition) is 1. The molecule has 0 spiro atoms. The molecule has 0 aliphatic carbocycles. The highest BCUT2D eigenvalue weighted by Gasteiger charge is 2.03. The van der Waals surface area contributed by atoms with E-state index in [0.717, 1.165) is 32.5 Å². The Morgan fingerprint density at radius 2 is 1.81 bits per heavy atom. The van der Waals surface area contributed by atoms with Crippen molar-refractivity contribution in [2.75, 3.05) is 6.54 Å². The zero-order chi connectivity index (χ0) is 12.0. The van der Waals surface area contributed by atoms with Crippen molar-refractivity contribution in [1.82, 2.24) is 14.5 Å². The van der Waals surface area contributed by atoms with Crippen molar-refractivity contribution < 1.29 is 0 Å². The van der Waals surface area contributed by atoms with E-state index in [4.69, 9.17) is 0 Å². The van der Waals surface area contributed by atoms with E-state index in [1.807, 2.05) is 19.3 Å². The van der Waals surface area contributed by atoms with Gasteiger partial charge < -0.3 is 5.32 Å². The van der Waals surface area contributed by atoms with Crippen LogP contribution in [0.2, 0.25) is 0 Å². The Balaban J connectivity index is 2.43. The third-order valence-electron chi connectivity index (χ3n) is 3.03. The zero-order valence-corrected chi connectivity index (χ0v) is 10.6. The Morgan fingerprint density at radius 1 is 1.19 bits per heavy atom. The average molecular weight is 225 g/mol.